The normalized spacial score (nSPS) is 8.80. The molecule has 0 aromatic heterocycles. The van der Waals surface area contributed by atoms with Crippen molar-refractivity contribution >= 4 is 14.1 Å². The molecule has 0 bridgehead atoms. The zero-order valence-corrected chi connectivity index (χ0v) is 2.81. The van der Waals surface area contributed by atoms with Gasteiger partial charge in [0.15, 0.2) is 0 Å². The maximum Gasteiger partial charge on any atom is 0.102 e. The van der Waals surface area contributed by atoms with Crippen LogP contribution in [0, 0.1) is 5.41 Å². The summed E-state index contributed by atoms with van der Waals surface area (Å²) in [5, 5.41) is 6.31. The van der Waals surface area contributed by atoms with Crippen molar-refractivity contribution in [3.63, 3.8) is 0 Å². The van der Waals surface area contributed by atoms with Crippen molar-refractivity contribution in [1.29, 1.82) is 5.41 Å². The minimum absolute atomic E-state index is 1.12. The molecule has 0 saturated heterocycles. The van der Waals surface area contributed by atoms with Crippen molar-refractivity contribution in [2.75, 3.05) is 0 Å². The fourth-order valence-corrected chi connectivity index (χ4v) is 0.0556. The van der Waals surface area contributed by atoms with E-state index >= 15 is 0 Å². The van der Waals surface area contributed by atoms with Crippen LogP contribution in [0.3, 0.4) is 0 Å². The molecule has 0 amide bonds. The van der Waals surface area contributed by atoms with Crippen LogP contribution in [0.4, 0.5) is 0 Å². The van der Waals surface area contributed by atoms with Crippen molar-refractivity contribution in [3.8, 4) is 0 Å². The Balaban J connectivity index is 2.92. The van der Waals surface area contributed by atoms with E-state index in [-0.39, 0.29) is 0 Å². The first kappa shape index (κ1) is 4.47. The molecule has 0 rings (SSSR count). The molecule has 0 heterocycles. The molecule has 2 radical (unpaired) electrons. The lowest BCUT2D eigenvalue weighted by atomic mass is 10.1. The van der Waals surface area contributed by atoms with Gasteiger partial charge in [-0.25, -0.2) is 0 Å². The van der Waals surface area contributed by atoms with Gasteiger partial charge in [-0.3, -0.25) is 0 Å². The summed E-state index contributed by atoms with van der Waals surface area (Å²) >= 11 is 0. The average molecular weight is 64.9 g/mol. The van der Waals surface area contributed by atoms with Crippen LogP contribution in [0.1, 0.15) is 0 Å². The first-order valence-corrected chi connectivity index (χ1v) is 1.29. The van der Waals surface area contributed by atoms with Crippen molar-refractivity contribution in [1.82, 2.24) is 0 Å². The van der Waals surface area contributed by atoms with E-state index in [1.807, 2.05) is 0 Å². The molecule has 1 nitrogen and oxygen atoms in total. The van der Waals surface area contributed by atoms with Gasteiger partial charge in [0, 0.05) is 6.21 Å². The molecule has 0 atom stereocenters. The molecule has 0 aliphatic rings. The van der Waals surface area contributed by atoms with Crippen molar-refractivity contribution in [2.45, 2.75) is 0 Å². The van der Waals surface area contributed by atoms with Gasteiger partial charge in [0.05, 0.1) is 0 Å². The maximum atomic E-state index is 6.31. The summed E-state index contributed by atoms with van der Waals surface area (Å²) in [5.41, 5.74) is 0. The second-order valence-corrected chi connectivity index (χ2v) is 0.552. The molecule has 2 heteroatoms. The van der Waals surface area contributed by atoms with E-state index in [9.17, 15) is 0 Å². The van der Waals surface area contributed by atoms with Crippen LogP contribution in [0.5, 0.6) is 0 Å². The molecule has 0 saturated carbocycles. The van der Waals surface area contributed by atoms with E-state index in [0.717, 1.165) is 6.21 Å². The molecule has 0 unspecified atom stereocenters. The van der Waals surface area contributed by atoms with Gasteiger partial charge < -0.3 is 5.41 Å². The Kier molecular flexibility index (Phi) is 3.11. The van der Waals surface area contributed by atoms with Gasteiger partial charge in [0.25, 0.3) is 0 Å². The standard InChI is InChI=1S/C3H4BN/c4-2-1-3-5/h1-3,5H/b2-1-,5-3?. The lowest BCUT2D eigenvalue weighted by Gasteiger charge is -1.54. The maximum absolute atomic E-state index is 6.31. The lowest BCUT2D eigenvalue weighted by molar-refractivity contribution is 1.58. The van der Waals surface area contributed by atoms with Crippen LogP contribution in [0.2, 0.25) is 0 Å². The van der Waals surface area contributed by atoms with Crippen LogP contribution >= 0.6 is 0 Å². The highest BCUT2D eigenvalue weighted by Crippen LogP contribution is 1.49. The third kappa shape index (κ3) is 3.47. The molecule has 5 heavy (non-hydrogen) atoms. The number of nitrogens with one attached hydrogen (secondary N) is 1. The molecular formula is C3H4BN. The molecule has 1 N–H and O–H groups in total. The number of allylic oxidation sites excluding steroid dienone is 1. The summed E-state index contributed by atoms with van der Waals surface area (Å²) in [5.74, 6) is 1.31. The highest BCUT2D eigenvalue weighted by atomic mass is 14.3. The molecule has 0 fully saturated rings. The second-order valence-electron chi connectivity index (χ2n) is 0.552. The van der Waals surface area contributed by atoms with E-state index in [4.69, 9.17) is 13.3 Å². The predicted octanol–water partition coefficient (Wildman–Crippen LogP) is 0.318. The fraction of sp³-hybridized carbons (Fsp3) is 0. The van der Waals surface area contributed by atoms with Gasteiger partial charge in [0.1, 0.15) is 7.85 Å². The van der Waals surface area contributed by atoms with Crippen molar-refractivity contribution in [3.05, 3.63) is 12.1 Å². The monoisotopic (exact) mass is 65.0 g/mol. The summed E-state index contributed by atoms with van der Waals surface area (Å²) in [6, 6.07) is 0. The van der Waals surface area contributed by atoms with Crippen molar-refractivity contribution in [2.24, 2.45) is 0 Å². The van der Waals surface area contributed by atoms with Gasteiger partial charge in [-0.05, 0) is 0 Å². The first-order valence-electron chi connectivity index (χ1n) is 1.29. The van der Waals surface area contributed by atoms with Crippen LogP contribution < -0.4 is 0 Å². The van der Waals surface area contributed by atoms with Gasteiger partial charge in [0.2, 0.25) is 0 Å². The molecule has 0 aliphatic carbocycles. The topological polar surface area (TPSA) is 23.9 Å². The van der Waals surface area contributed by atoms with Crippen LogP contribution in [0.15, 0.2) is 12.1 Å². The molecular weight excluding hydrogens is 60.9 g/mol. The molecule has 0 spiro atoms. The van der Waals surface area contributed by atoms with Gasteiger partial charge in [-0.15, -0.1) is 5.98 Å². The summed E-state index contributed by atoms with van der Waals surface area (Å²) in [4.78, 5) is 0. The van der Waals surface area contributed by atoms with Crippen molar-refractivity contribution < 1.29 is 0 Å². The Hall–Kier alpha value is -0.525. The average Bonchev–Trinajstić information content (AvgIpc) is 1.41. The fourth-order valence-electron chi connectivity index (χ4n) is 0.0556. The van der Waals surface area contributed by atoms with E-state index in [0.29, 0.717) is 0 Å². The Morgan fingerprint density at radius 1 is 1.60 bits per heavy atom. The summed E-state index contributed by atoms with van der Waals surface area (Å²) in [6.45, 7) is 0. The van der Waals surface area contributed by atoms with E-state index in [2.05, 4.69) is 0 Å². The summed E-state index contributed by atoms with van der Waals surface area (Å²) in [6.07, 6.45) is 2.57. The number of hydrogen-bond acceptors (Lipinski definition) is 1. The van der Waals surface area contributed by atoms with E-state index in [1.165, 1.54) is 12.1 Å². The van der Waals surface area contributed by atoms with Crippen LogP contribution in [0.25, 0.3) is 0 Å². The van der Waals surface area contributed by atoms with Gasteiger partial charge in [-0.1, -0.05) is 6.08 Å². The molecule has 0 aromatic carbocycles. The third-order valence-electron chi connectivity index (χ3n) is 0.207. The second kappa shape index (κ2) is 3.47. The molecule has 0 aliphatic heterocycles. The Morgan fingerprint density at radius 3 is 2.20 bits per heavy atom. The molecule has 24 valence electrons. The van der Waals surface area contributed by atoms with E-state index in [1.54, 1.807) is 0 Å². The zero-order valence-electron chi connectivity index (χ0n) is 2.81. The lowest BCUT2D eigenvalue weighted by Crippen LogP contribution is -1.53. The SMILES string of the molecule is [B]/C=C\C=N. The number of hydrogen-bond donors (Lipinski definition) is 1. The van der Waals surface area contributed by atoms with Gasteiger partial charge >= 0.3 is 0 Å². The zero-order chi connectivity index (χ0) is 4.12. The minimum Gasteiger partial charge on any atom is -0.309 e. The van der Waals surface area contributed by atoms with E-state index < -0.39 is 0 Å². The largest absolute Gasteiger partial charge is 0.309 e. The quantitative estimate of drug-likeness (QED) is 0.336. The summed E-state index contributed by atoms with van der Waals surface area (Å²) in [7, 11) is 4.81. The highest BCUT2D eigenvalue weighted by Gasteiger charge is 1.44. The predicted molar refractivity (Wildman–Crippen MR) is 23.7 cm³/mol. The highest BCUT2D eigenvalue weighted by molar-refractivity contribution is 6.18. The molecule has 0 aromatic rings. The van der Waals surface area contributed by atoms with Gasteiger partial charge in [-0.2, -0.15) is 0 Å². The van der Waals surface area contributed by atoms with Crippen LogP contribution in [-0.4, -0.2) is 14.1 Å². The smallest absolute Gasteiger partial charge is 0.102 e. The Labute approximate surface area is 32.6 Å². The Bertz CT molecular complexity index is 48.9. The van der Waals surface area contributed by atoms with Crippen LogP contribution in [-0.2, 0) is 0 Å². The summed E-state index contributed by atoms with van der Waals surface area (Å²) < 4.78 is 0. The number of rotatable bonds is 1. The Morgan fingerprint density at radius 2 is 2.20 bits per heavy atom. The minimum atomic E-state index is 1.12. The first-order chi connectivity index (χ1) is 2.41. The third-order valence-corrected chi connectivity index (χ3v) is 0.207.